The minimum atomic E-state index is -0.782. The van der Waals surface area contributed by atoms with Crippen molar-refractivity contribution >= 4 is 17.8 Å². The number of amides is 2. The van der Waals surface area contributed by atoms with Gasteiger partial charge in [0.1, 0.15) is 6.04 Å². The highest BCUT2D eigenvalue weighted by Gasteiger charge is 2.35. The van der Waals surface area contributed by atoms with E-state index in [9.17, 15) is 14.4 Å². The van der Waals surface area contributed by atoms with Gasteiger partial charge in [-0.3, -0.25) is 14.4 Å². The summed E-state index contributed by atoms with van der Waals surface area (Å²) in [6, 6.07) is -0.409. The number of likely N-dealkylation sites (tertiary alicyclic amines) is 1. The SMILES string of the molecule is CC(=O)NC(C(=O)N1CCCC(CCC(=O)O)C1)C1CCCC1. The summed E-state index contributed by atoms with van der Waals surface area (Å²) in [5.41, 5.74) is 0. The maximum absolute atomic E-state index is 12.9. The Morgan fingerprint density at radius 1 is 1.17 bits per heavy atom. The van der Waals surface area contributed by atoms with Crippen LogP contribution in [0.5, 0.6) is 0 Å². The van der Waals surface area contributed by atoms with Gasteiger partial charge in [-0.1, -0.05) is 12.8 Å². The van der Waals surface area contributed by atoms with Crippen LogP contribution >= 0.6 is 0 Å². The Labute approximate surface area is 137 Å². The maximum Gasteiger partial charge on any atom is 0.303 e. The first-order chi connectivity index (χ1) is 11.0. The molecule has 1 saturated heterocycles. The molecule has 130 valence electrons. The number of hydrogen-bond acceptors (Lipinski definition) is 3. The zero-order valence-corrected chi connectivity index (χ0v) is 13.9. The van der Waals surface area contributed by atoms with Gasteiger partial charge in [0.25, 0.3) is 0 Å². The van der Waals surface area contributed by atoms with E-state index in [1.807, 2.05) is 4.90 Å². The molecule has 0 aromatic rings. The summed E-state index contributed by atoms with van der Waals surface area (Å²) in [6.45, 7) is 2.79. The zero-order chi connectivity index (χ0) is 16.8. The third-order valence-corrected chi connectivity index (χ3v) is 5.09. The van der Waals surface area contributed by atoms with Crippen LogP contribution in [0.25, 0.3) is 0 Å². The molecule has 2 aliphatic rings. The molecule has 0 aromatic carbocycles. The number of carbonyl (C=O) groups excluding carboxylic acids is 2. The molecule has 2 rings (SSSR count). The molecule has 2 N–H and O–H groups in total. The molecule has 6 nitrogen and oxygen atoms in total. The summed E-state index contributed by atoms with van der Waals surface area (Å²) < 4.78 is 0. The van der Waals surface area contributed by atoms with Gasteiger partial charge in [0.05, 0.1) is 0 Å². The summed E-state index contributed by atoms with van der Waals surface area (Å²) in [6.07, 6.45) is 6.89. The average molecular weight is 324 g/mol. The molecule has 2 fully saturated rings. The highest BCUT2D eigenvalue weighted by molar-refractivity contribution is 5.87. The summed E-state index contributed by atoms with van der Waals surface area (Å²) in [5.74, 6) is -0.423. The minimum Gasteiger partial charge on any atom is -0.481 e. The molecule has 0 aromatic heterocycles. The normalized spacial score (nSPS) is 23.5. The first kappa shape index (κ1) is 17.8. The molecular formula is C17H28N2O4. The number of rotatable bonds is 6. The molecule has 0 bridgehead atoms. The number of nitrogens with one attached hydrogen (secondary N) is 1. The lowest BCUT2D eigenvalue weighted by atomic mass is 9.91. The van der Waals surface area contributed by atoms with Crippen LogP contribution in [-0.2, 0) is 14.4 Å². The van der Waals surface area contributed by atoms with Crippen molar-refractivity contribution in [3.63, 3.8) is 0 Å². The Morgan fingerprint density at radius 3 is 2.48 bits per heavy atom. The second kappa shape index (κ2) is 8.31. The van der Waals surface area contributed by atoms with Crippen molar-refractivity contribution in [2.75, 3.05) is 13.1 Å². The molecule has 1 heterocycles. The standard InChI is InChI=1S/C17H28N2O4/c1-12(20)18-16(14-6-2-3-7-14)17(23)19-10-4-5-13(11-19)8-9-15(21)22/h13-14,16H,2-11H2,1H3,(H,18,20)(H,21,22). The van der Waals surface area contributed by atoms with E-state index in [2.05, 4.69) is 5.32 Å². The molecule has 0 radical (unpaired) electrons. The average Bonchev–Trinajstić information content (AvgIpc) is 3.04. The molecule has 6 heteroatoms. The monoisotopic (exact) mass is 324 g/mol. The van der Waals surface area contributed by atoms with Crippen molar-refractivity contribution in [1.29, 1.82) is 0 Å². The van der Waals surface area contributed by atoms with Gasteiger partial charge in [0, 0.05) is 26.4 Å². The fourth-order valence-corrected chi connectivity index (χ4v) is 3.92. The molecule has 2 unspecified atom stereocenters. The van der Waals surface area contributed by atoms with Crippen molar-refractivity contribution in [1.82, 2.24) is 10.2 Å². The number of aliphatic carboxylic acids is 1. The van der Waals surface area contributed by atoms with Crippen LogP contribution in [0.4, 0.5) is 0 Å². The van der Waals surface area contributed by atoms with E-state index >= 15 is 0 Å². The van der Waals surface area contributed by atoms with E-state index in [4.69, 9.17) is 5.11 Å². The lowest BCUT2D eigenvalue weighted by Gasteiger charge is -2.36. The van der Waals surface area contributed by atoms with Crippen molar-refractivity contribution in [3.8, 4) is 0 Å². The van der Waals surface area contributed by atoms with Crippen LogP contribution < -0.4 is 5.32 Å². The van der Waals surface area contributed by atoms with Gasteiger partial charge < -0.3 is 15.3 Å². The van der Waals surface area contributed by atoms with Crippen LogP contribution in [0.3, 0.4) is 0 Å². The van der Waals surface area contributed by atoms with Gasteiger partial charge in [-0.25, -0.2) is 0 Å². The quantitative estimate of drug-likeness (QED) is 0.780. The number of piperidine rings is 1. The molecule has 1 aliphatic heterocycles. The number of hydrogen-bond donors (Lipinski definition) is 2. The summed E-state index contributed by atoms with van der Waals surface area (Å²) in [7, 11) is 0. The fourth-order valence-electron chi connectivity index (χ4n) is 3.92. The van der Waals surface area contributed by atoms with E-state index in [-0.39, 0.29) is 30.1 Å². The summed E-state index contributed by atoms with van der Waals surface area (Å²) in [5, 5.41) is 11.7. The van der Waals surface area contributed by atoms with Gasteiger partial charge in [-0.05, 0) is 43.9 Å². The van der Waals surface area contributed by atoms with E-state index in [1.54, 1.807) is 0 Å². The smallest absolute Gasteiger partial charge is 0.303 e. The van der Waals surface area contributed by atoms with Crippen molar-refractivity contribution in [3.05, 3.63) is 0 Å². The van der Waals surface area contributed by atoms with Crippen molar-refractivity contribution < 1.29 is 19.5 Å². The highest BCUT2D eigenvalue weighted by atomic mass is 16.4. The van der Waals surface area contributed by atoms with Gasteiger partial charge in [-0.2, -0.15) is 0 Å². The number of carbonyl (C=O) groups is 3. The molecule has 1 saturated carbocycles. The first-order valence-electron chi connectivity index (χ1n) is 8.75. The molecule has 2 amide bonds. The van der Waals surface area contributed by atoms with Crippen molar-refractivity contribution in [2.45, 2.75) is 64.3 Å². The van der Waals surface area contributed by atoms with Gasteiger partial charge in [0.15, 0.2) is 0 Å². The minimum absolute atomic E-state index is 0.0205. The molecule has 1 aliphatic carbocycles. The maximum atomic E-state index is 12.9. The highest BCUT2D eigenvalue weighted by Crippen LogP contribution is 2.30. The molecule has 23 heavy (non-hydrogen) atoms. The summed E-state index contributed by atoms with van der Waals surface area (Å²) >= 11 is 0. The van der Waals surface area contributed by atoms with Gasteiger partial charge in [-0.15, -0.1) is 0 Å². The number of carboxylic acids is 1. The molecule has 0 spiro atoms. The third-order valence-electron chi connectivity index (χ3n) is 5.09. The largest absolute Gasteiger partial charge is 0.481 e. The van der Waals surface area contributed by atoms with E-state index in [0.717, 1.165) is 38.5 Å². The van der Waals surface area contributed by atoms with Crippen LogP contribution in [0.2, 0.25) is 0 Å². The van der Waals surface area contributed by atoms with Gasteiger partial charge >= 0.3 is 5.97 Å². The Kier molecular flexibility index (Phi) is 6.42. The topological polar surface area (TPSA) is 86.7 Å². The number of nitrogens with zero attached hydrogens (tertiary/aromatic N) is 1. The second-order valence-corrected chi connectivity index (χ2v) is 6.95. The fraction of sp³-hybridized carbons (Fsp3) is 0.824. The van der Waals surface area contributed by atoms with Crippen LogP contribution in [0.15, 0.2) is 0 Å². The number of carboxylic acid groups (broad SMARTS) is 1. The Bertz CT molecular complexity index is 446. The van der Waals surface area contributed by atoms with Crippen molar-refractivity contribution in [2.24, 2.45) is 11.8 Å². The Hall–Kier alpha value is -1.59. The van der Waals surface area contributed by atoms with Crippen LogP contribution in [0, 0.1) is 11.8 Å². The van der Waals surface area contributed by atoms with E-state index < -0.39 is 12.0 Å². The zero-order valence-electron chi connectivity index (χ0n) is 13.9. The van der Waals surface area contributed by atoms with Crippen LogP contribution in [-0.4, -0.2) is 46.9 Å². The molecular weight excluding hydrogens is 296 g/mol. The first-order valence-corrected chi connectivity index (χ1v) is 8.75. The Morgan fingerprint density at radius 2 is 1.87 bits per heavy atom. The predicted octanol–water partition coefficient (Wildman–Crippen LogP) is 1.78. The van der Waals surface area contributed by atoms with E-state index in [1.165, 1.54) is 6.92 Å². The lowest BCUT2D eigenvalue weighted by Crippen LogP contribution is -2.53. The lowest BCUT2D eigenvalue weighted by molar-refractivity contribution is -0.139. The van der Waals surface area contributed by atoms with Crippen LogP contribution in [0.1, 0.15) is 58.3 Å². The summed E-state index contributed by atoms with van der Waals surface area (Å²) in [4.78, 5) is 37.0. The molecule has 2 atom stereocenters. The third kappa shape index (κ3) is 5.22. The van der Waals surface area contributed by atoms with E-state index in [0.29, 0.717) is 19.5 Å². The predicted molar refractivity (Wildman–Crippen MR) is 85.7 cm³/mol. The Balaban J connectivity index is 1.97. The second-order valence-electron chi connectivity index (χ2n) is 6.95. The van der Waals surface area contributed by atoms with Gasteiger partial charge in [0.2, 0.25) is 11.8 Å².